The van der Waals surface area contributed by atoms with E-state index in [2.05, 4.69) is 322 Å². The van der Waals surface area contributed by atoms with E-state index < -0.39 is 5.41 Å². The molecule has 2 nitrogen and oxygen atoms in total. The molecule has 87 heavy (non-hydrogen) atoms. The summed E-state index contributed by atoms with van der Waals surface area (Å²) in [5.41, 5.74) is 37.5. The molecule has 6 aliphatic rings. The lowest BCUT2D eigenvalue weighted by Crippen LogP contribution is -2.26. The Kier molecular flexibility index (Phi) is 10.6. The summed E-state index contributed by atoms with van der Waals surface area (Å²) in [5.74, 6) is 0. The third-order valence-electron chi connectivity index (χ3n) is 21.8. The minimum Gasteiger partial charge on any atom is -0.314 e. The van der Waals surface area contributed by atoms with Crippen LogP contribution in [0.3, 0.4) is 0 Å². The summed E-state index contributed by atoms with van der Waals surface area (Å²) < 4.78 is 0. The van der Waals surface area contributed by atoms with Crippen LogP contribution >= 0.6 is 0 Å². The second kappa shape index (κ2) is 17.8. The molecule has 11 aromatic carbocycles. The summed E-state index contributed by atoms with van der Waals surface area (Å²) in [4.78, 5) is 5.21. The van der Waals surface area contributed by atoms with Crippen molar-refractivity contribution in [3.63, 3.8) is 0 Å². The van der Waals surface area contributed by atoms with E-state index in [1.54, 1.807) is 0 Å². The van der Waals surface area contributed by atoms with Crippen molar-refractivity contribution >= 4 is 34.0 Å². The number of allylic oxidation sites excluding steroid dienone is 4. The highest BCUT2D eigenvalue weighted by Gasteiger charge is 2.54. The summed E-state index contributed by atoms with van der Waals surface area (Å²) in [6.07, 6.45) is 2.51. The van der Waals surface area contributed by atoms with Crippen molar-refractivity contribution < 1.29 is 0 Å². The van der Waals surface area contributed by atoms with Crippen LogP contribution in [0.25, 0.3) is 61.2 Å². The topological polar surface area (TPSA) is 6.48 Å². The fourth-order valence-electron chi connectivity index (χ4n) is 17.7. The average molecular weight is 1120 g/mol. The molecule has 0 saturated carbocycles. The van der Waals surface area contributed by atoms with Crippen LogP contribution in [0.4, 0.5) is 28.4 Å². The minimum absolute atomic E-state index is 0.181. The van der Waals surface area contributed by atoms with Crippen molar-refractivity contribution in [3.05, 3.63) is 321 Å². The molecule has 17 rings (SSSR count). The summed E-state index contributed by atoms with van der Waals surface area (Å²) in [6, 6.07) is 91.1. The van der Waals surface area contributed by atoms with Crippen molar-refractivity contribution in [2.24, 2.45) is 0 Å². The third-order valence-corrected chi connectivity index (χ3v) is 21.8. The maximum atomic E-state index is 2.61. The molecular formula is C85H70N2. The van der Waals surface area contributed by atoms with Gasteiger partial charge in [0, 0.05) is 55.5 Å². The number of fused-ring (bicyclic) bond motifs is 20. The van der Waals surface area contributed by atoms with Gasteiger partial charge >= 0.3 is 0 Å². The lowest BCUT2D eigenvalue weighted by atomic mass is 9.70. The predicted molar refractivity (Wildman–Crippen MR) is 365 cm³/mol. The number of nitrogens with zero attached hydrogens (tertiary/aromatic N) is 2. The molecule has 420 valence electrons. The number of anilines is 5. The number of benzene rings is 11. The van der Waals surface area contributed by atoms with E-state index in [9.17, 15) is 0 Å². The molecular weight excluding hydrogens is 1050 g/mol. The van der Waals surface area contributed by atoms with E-state index in [-0.39, 0.29) is 21.7 Å². The highest BCUT2D eigenvalue weighted by atomic mass is 15.2. The number of hydrogen-bond acceptors (Lipinski definition) is 2. The molecule has 0 amide bonds. The smallest absolute Gasteiger partial charge is 0.0727 e. The van der Waals surface area contributed by atoms with Crippen LogP contribution in [0.15, 0.2) is 254 Å². The van der Waals surface area contributed by atoms with Gasteiger partial charge < -0.3 is 9.80 Å². The van der Waals surface area contributed by atoms with Gasteiger partial charge in [0.1, 0.15) is 0 Å². The van der Waals surface area contributed by atoms with Gasteiger partial charge in [-0.3, -0.25) is 0 Å². The normalized spacial score (nSPS) is 18.0. The molecule has 0 fully saturated rings. The first kappa shape index (κ1) is 51.9. The van der Waals surface area contributed by atoms with Gasteiger partial charge in [0.2, 0.25) is 0 Å². The summed E-state index contributed by atoms with van der Waals surface area (Å²) in [6.45, 7) is 23.9. The molecule has 0 bridgehead atoms. The SMILES string of the molecule is CC1=C(/C=C(\C)N(c2ccc3c(c2)C(C)(C)c2ccccc2-3)c2cccc3c2-c2ccccc2C32c3ccccc3-c3c(N(c4ccc5c(c4)C(C)(C)c4ccccc4-5)c4ccc5c(c4)C(C)(C)c4ccccc4-5)cccc32)C(C)(C)c2ccccc21. The molecule has 1 unspecified atom stereocenters. The second-order valence-electron chi connectivity index (χ2n) is 27.6. The Morgan fingerprint density at radius 1 is 0.299 bits per heavy atom. The van der Waals surface area contributed by atoms with E-state index in [1.807, 2.05) is 0 Å². The van der Waals surface area contributed by atoms with E-state index in [4.69, 9.17) is 0 Å². The van der Waals surface area contributed by atoms with Crippen LogP contribution < -0.4 is 9.80 Å². The maximum absolute atomic E-state index is 2.61. The Labute approximate surface area is 513 Å². The summed E-state index contributed by atoms with van der Waals surface area (Å²) in [7, 11) is 0. The Morgan fingerprint density at radius 2 is 0.632 bits per heavy atom. The van der Waals surface area contributed by atoms with Crippen LogP contribution in [0, 0.1) is 0 Å². The zero-order chi connectivity index (χ0) is 59.3. The summed E-state index contributed by atoms with van der Waals surface area (Å²) in [5, 5.41) is 0. The largest absolute Gasteiger partial charge is 0.314 e. The van der Waals surface area contributed by atoms with Crippen LogP contribution in [0.1, 0.15) is 136 Å². The molecule has 0 saturated heterocycles. The average Bonchev–Trinajstić information content (AvgIpc) is 1.52. The van der Waals surface area contributed by atoms with E-state index in [0.29, 0.717) is 0 Å². The second-order valence-corrected chi connectivity index (χ2v) is 27.6. The van der Waals surface area contributed by atoms with Crippen molar-refractivity contribution in [1.29, 1.82) is 0 Å². The molecule has 2 heteroatoms. The van der Waals surface area contributed by atoms with Gasteiger partial charge in [-0.05, 0) is 191 Å². The molecule has 0 heterocycles. The fraction of sp³-hybridized carbons (Fsp3) is 0.176. The first-order valence-electron chi connectivity index (χ1n) is 31.3. The third kappa shape index (κ3) is 6.71. The van der Waals surface area contributed by atoms with Crippen molar-refractivity contribution in [2.45, 2.75) is 96.3 Å². The van der Waals surface area contributed by atoms with Gasteiger partial charge in [-0.15, -0.1) is 0 Å². The molecule has 6 aliphatic carbocycles. The molecule has 1 spiro atoms. The Morgan fingerprint density at radius 3 is 1.08 bits per heavy atom. The molecule has 0 aromatic heterocycles. The highest BCUT2D eigenvalue weighted by Crippen LogP contribution is 2.67. The van der Waals surface area contributed by atoms with Crippen LogP contribution in [-0.4, -0.2) is 0 Å². The predicted octanol–water partition coefficient (Wildman–Crippen LogP) is 22.2. The minimum atomic E-state index is -0.641. The summed E-state index contributed by atoms with van der Waals surface area (Å²) >= 11 is 0. The zero-order valence-corrected chi connectivity index (χ0v) is 51.5. The molecule has 1 atom stereocenters. The van der Waals surface area contributed by atoms with Gasteiger partial charge in [0.25, 0.3) is 0 Å². The maximum Gasteiger partial charge on any atom is 0.0727 e. The quantitative estimate of drug-likeness (QED) is 0.157. The van der Waals surface area contributed by atoms with E-state index in [1.165, 1.54) is 151 Å². The molecule has 11 aromatic rings. The highest BCUT2D eigenvalue weighted by molar-refractivity contribution is 6.05. The molecule has 0 N–H and O–H groups in total. The van der Waals surface area contributed by atoms with Crippen molar-refractivity contribution in [2.75, 3.05) is 9.80 Å². The van der Waals surface area contributed by atoms with Crippen LogP contribution in [0.5, 0.6) is 0 Å². The van der Waals surface area contributed by atoms with Gasteiger partial charge in [0.05, 0.1) is 16.8 Å². The van der Waals surface area contributed by atoms with Gasteiger partial charge in [-0.2, -0.15) is 0 Å². The van der Waals surface area contributed by atoms with Crippen molar-refractivity contribution in [3.8, 4) is 55.6 Å². The van der Waals surface area contributed by atoms with E-state index in [0.717, 1.165) is 17.1 Å². The Balaban J connectivity index is 0.907. The molecule has 0 radical (unpaired) electrons. The van der Waals surface area contributed by atoms with Crippen LogP contribution in [0.2, 0.25) is 0 Å². The monoisotopic (exact) mass is 1120 g/mol. The van der Waals surface area contributed by atoms with E-state index >= 15 is 0 Å². The fourth-order valence-corrected chi connectivity index (χ4v) is 17.7. The number of rotatable bonds is 7. The van der Waals surface area contributed by atoms with Gasteiger partial charge in [-0.25, -0.2) is 0 Å². The lowest BCUT2D eigenvalue weighted by molar-refractivity contribution is 0.652. The van der Waals surface area contributed by atoms with Crippen LogP contribution in [-0.2, 0) is 27.1 Å². The number of hydrogen-bond donors (Lipinski definition) is 0. The van der Waals surface area contributed by atoms with Crippen molar-refractivity contribution in [1.82, 2.24) is 0 Å². The Hall–Kier alpha value is -9.50. The lowest BCUT2D eigenvalue weighted by Gasteiger charge is -2.34. The van der Waals surface area contributed by atoms with Gasteiger partial charge in [0.15, 0.2) is 0 Å². The first-order valence-corrected chi connectivity index (χ1v) is 31.3. The van der Waals surface area contributed by atoms with Gasteiger partial charge in [-0.1, -0.05) is 243 Å². The Bertz CT molecular complexity index is 4810. The standard InChI is InChI=1S/C85H70N2/c1-51(47-73-52(2)56-25-11-17-31-65(56)81(73,3)4)86(53-41-44-60-57-26-12-18-32-66(57)82(5,6)74(60)48-53)77-39-23-37-71-79(77)63-29-15-21-35-69(63)85(71)70-36-22-16-30-64(70)80-72(85)38-24-40-78(80)87(54-42-45-61-58-27-13-19-33-67(58)83(7,8)75(61)49-54)55-43-46-62-59-28-14-20-34-68(59)84(9,10)76(62)50-55/h11-50H,1-10H3/b51-47+. The molecule has 0 aliphatic heterocycles. The zero-order valence-electron chi connectivity index (χ0n) is 51.5. The first-order chi connectivity index (χ1) is 42.0.